The first-order valence-electron chi connectivity index (χ1n) is 10.4. The molecule has 2 heterocycles. The van der Waals surface area contributed by atoms with E-state index in [4.69, 9.17) is 0 Å². The van der Waals surface area contributed by atoms with Crippen LogP contribution in [0.4, 0.5) is 13.2 Å². The molecule has 1 aliphatic rings. The topological polar surface area (TPSA) is 50.2 Å². The Morgan fingerprint density at radius 3 is 2.60 bits per heavy atom. The van der Waals surface area contributed by atoms with E-state index in [2.05, 4.69) is 22.2 Å². The van der Waals surface area contributed by atoms with Gasteiger partial charge in [-0.3, -0.25) is 4.79 Å². The maximum atomic E-state index is 13.0. The van der Waals surface area contributed by atoms with E-state index < -0.39 is 11.7 Å². The Kier molecular flexibility index (Phi) is 6.85. The average molecular weight is 422 g/mol. The lowest BCUT2D eigenvalue weighted by Crippen LogP contribution is -2.39. The van der Waals surface area contributed by atoms with E-state index in [0.717, 1.165) is 43.2 Å². The van der Waals surface area contributed by atoms with E-state index in [0.29, 0.717) is 23.6 Å². The molecule has 5 nitrogen and oxygen atoms in total. The number of piperidine rings is 1. The summed E-state index contributed by atoms with van der Waals surface area (Å²) in [6, 6.07) is 5.05. The summed E-state index contributed by atoms with van der Waals surface area (Å²) in [4.78, 5) is 14.8. The maximum Gasteiger partial charge on any atom is 0.416 e. The van der Waals surface area contributed by atoms with Gasteiger partial charge in [0.25, 0.3) is 0 Å². The van der Waals surface area contributed by atoms with Gasteiger partial charge in [-0.15, -0.1) is 0 Å². The number of alkyl halides is 3. The van der Waals surface area contributed by atoms with Crippen molar-refractivity contribution >= 4 is 5.91 Å². The molecular weight excluding hydrogens is 393 g/mol. The van der Waals surface area contributed by atoms with E-state index >= 15 is 0 Å². The molecule has 1 N–H and O–H groups in total. The van der Waals surface area contributed by atoms with Crippen LogP contribution >= 0.6 is 0 Å². The van der Waals surface area contributed by atoms with Crippen LogP contribution in [-0.2, 0) is 17.4 Å². The molecule has 164 valence electrons. The van der Waals surface area contributed by atoms with Crippen molar-refractivity contribution < 1.29 is 18.0 Å². The number of nitrogens with one attached hydrogen (secondary N) is 1. The summed E-state index contributed by atoms with van der Waals surface area (Å²) in [5.41, 5.74) is 1.67. The lowest BCUT2D eigenvalue weighted by molar-refractivity contribution is -0.137. The van der Waals surface area contributed by atoms with Crippen molar-refractivity contribution in [1.29, 1.82) is 0 Å². The first-order valence-corrected chi connectivity index (χ1v) is 10.4. The van der Waals surface area contributed by atoms with Gasteiger partial charge in [-0.2, -0.15) is 18.3 Å². The SMILES string of the molecule is Cc1nn(-c2cccc(C(F)(F)F)c2)c(C)c1CC(=O)NCCN1CCC(C)CC1. The van der Waals surface area contributed by atoms with Gasteiger partial charge in [-0.25, -0.2) is 4.68 Å². The van der Waals surface area contributed by atoms with Crippen molar-refractivity contribution in [3.8, 4) is 5.69 Å². The van der Waals surface area contributed by atoms with Crippen LogP contribution < -0.4 is 5.32 Å². The molecule has 1 fully saturated rings. The third-order valence-electron chi connectivity index (χ3n) is 5.82. The molecule has 0 saturated carbocycles. The van der Waals surface area contributed by atoms with Crippen molar-refractivity contribution in [2.24, 2.45) is 5.92 Å². The van der Waals surface area contributed by atoms with Crippen LogP contribution in [0.1, 0.15) is 42.3 Å². The molecule has 0 spiro atoms. The first kappa shape index (κ1) is 22.3. The molecule has 2 aromatic rings. The highest BCUT2D eigenvalue weighted by atomic mass is 19.4. The predicted octanol–water partition coefficient (Wildman–Crippen LogP) is 3.90. The number of aryl methyl sites for hydroxylation is 1. The molecule has 0 radical (unpaired) electrons. The summed E-state index contributed by atoms with van der Waals surface area (Å²) in [5.74, 6) is 0.672. The zero-order valence-electron chi connectivity index (χ0n) is 17.7. The van der Waals surface area contributed by atoms with Crippen LogP contribution in [0, 0.1) is 19.8 Å². The average Bonchev–Trinajstić information content (AvgIpc) is 2.97. The fraction of sp³-hybridized carbons (Fsp3) is 0.545. The number of amides is 1. The highest BCUT2D eigenvalue weighted by molar-refractivity contribution is 5.79. The lowest BCUT2D eigenvalue weighted by atomic mass is 9.99. The smallest absolute Gasteiger partial charge is 0.355 e. The zero-order valence-corrected chi connectivity index (χ0v) is 17.7. The minimum absolute atomic E-state index is 0.102. The standard InChI is InChI=1S/C22H29F3N4O/c1-15-7-10-28(11-8-15)12-9-26-21(30)14-20-16(2)27-29(17(20)3)19-6-4-5-18(13-19)22(23,24)25/h4-6,13,15H,7-12,14H2,1-3H3,(H,26,30). The lowest BCUT2D eigenvalue weighted by Gasteiger charge is -2.30. The Hall–Kier alpha value is -2.35. The number of aromatic nitrogens is 2. The molecule has 1 saturated heterocycles. The van der Waals surface area contributed by atoms with Crippen LogP contribution in [0.25, 0.3) is 5.69 Å². The largest absolute Gasteiger partial charge is 0.416 e. The van der Waals surface area contributed by atoms with Gasteiger partial charge in [0.2, 0.25) is 5.91 Å². The van der Waals surface area contributed by atoms with Crippen molar-refractivity contribution in [1.82, 2.24) is 20.0 Å². The number of hydrogen-bond donors (Lipinski definition) is 1. The van der Waals surface area contributed by atoms with Crippen LogP contribution in [0.15, 0.2) is 24.3 Å². The van der Waals surface area contributed by atoms with Gasteiger partial charge in [-0.1, -0.05) is 13.0 Å². The Labute approximate surface area is 175 Å². The highest BCUT2D eigenvalue weighted by Crippen LogP contribution is 2.31. The quantitative estimate of drug-likeness (QED) is 0.768. The molecule has 0 bridgehead atoms. The second kappa shape index (κ2) is 9.20. The third kappa shape index (κ3) is 5.41. The molecule has 0 unspecified atom stereocenters. The molecule has 30 heavy (non-hydrogen) atoms. The molecule has 0 atom stereocenters. The molecular formula is C22H29F3N4O. The summed E-state index contributed by atoms with van der Waals surface area (Å²) in [7, 11) is 0. The first-order chi connectivity index (χ1) is 14.1. The second-order valence-corrected chi connectivity index (χ2v) is 8.16. The van der Waals surface area contributed by atoms with Crippen LogP contribution in [0.3, 0.4) is 0 Å². The number of carbonyl (C=O) groups is 1. The Balaban J connectivity index is 1.62. The van der Waals surface area contributed by atoms with Crippen molar-refractivity contribution in [3.05, 3.63) is 46.8 Å². The Morgan fingerprint density at radius 2 is 1.93 bits per heavy atom. The fourth-order valence-electron chi connectivity index (χ4n) is 3.86. The fourth-order valence-corrected chi connectivity index (χ4v) is 3.86. The highest BCUT2D eigenvalue weighted by Gasteiger charge is 2.30. The summed E-state index contributed by atoms with van der Waals surface area (Å²) >= 11 is 0. The summed E-state index contributed by atoms with van der Waals surface area (Å²) in [5, 5.41) is 7.33. The van der Waals surface area contributed by atoms with Gasteiger partial charge in [0.1, 0.15) is 0 Å². The molecule has 3 rings (SSSR count). The molecule has 1 amide bonds. The normalized spacial score (nSPS) is 16.1. The van der Waals surface area contributed by atoms with Gasteiger partial charge in [0, 0.05) is 24.3 Å². The number of hydrogen-bond acceptors (Lipinski definition) is 3. The maximum absolute atomic E-state index is 13.0. The molecule has 8 heteroatoms. The minimum Gasteiger partial charge on any atom is -0.355 e. The van der Waals surface area contributed by atoms with Gasteiger partial charge in [0.05, 0.1) is 23.4 Å². The number of likely N-dealkylation sites (tertiary alicyclic amines) is 1. The number of nitrogens with zero attached hydrogens (tertiary/aromatic N) is 3. The predicted molar refractivity (Wildman–Crippen MR) is 110 cm³/mol. The van der Waals surface area contributed by atoms with E-state index in [1.807, 2.05) is 0 Å². The van der Waals surface area contributed by atoms with Gasteiger partial charge in [-0.05, 0) is 63.9 Å². The van der Waals surface area contributed by atoms with E-state index in [-0.39, 0.29) is 12.3 Å². The van der Waals surface area contributed by atoms with Crippen molar-refractivity contribution in [3.63, 3.8) is 0 Å². The molecule has 1 aromatic heterocycles. The Morgan fingerprint density at radius 1 is 1.23 bits per heavy atom. The van der Waals surface area contributed by atoms with Gasteiger partial charge >= 0.3 is 6.18 Å². The molecule has 1 aromatic carbocycles. The Bertz CT molecular complexity index is 883. The van der Waals surface area contributed by atoms with Crippen LogP contribution in [0.2, 0.25) is 0 Å². The van der Waals surface area contributed by atoms with E-state index in [1.54, 1.807) is 19.9 Å². The van der Waals surface area contributed by atoms with Gasteiger partial charge in [0.15, 0.2) is 0 Å². The summed E-state index contributed by atoms with van der Waals surface area (Å²) < 4.78 is 40.6. The third-order valence-corrected chi connectivity index (χ3v) is 5.82. The van der Waals surface area contributed by atoms with Crippen LogP contribution in [0.5, 0.6) is 0 Å². The molecule has 0 aliphatic carbocycles. The van der Waals surface area contributed by atoms with Crippen LogP contribution in [-0.4, -0.2) is 46.8 Å². The zero-order chi connectivity index (χ0) is 21.9. The van der Waals surface area contributed by atoms with E-state index in [9.17, 15) is 18.0 Å². The number of benzene rings is 1. The second-order valence-electron chi connectivity index (χ2n) is 8.16. The minimum atomic E-state index is -4.42. The monoisotopic (exact) mass is 422 g/mol. The summed E-state index contributed by atoms with van der Waals surface area (Å²) in [6.07, 6.45) is -1.86. The number of halogens is 3. The summed E-state index contributed by atoms with van der Waals surface area (Å²) in [6.45, 7) is 9.38. The van der Waals surface area contributed by atoms with Crippen molar-refractivity contribution in [2.75, 3.05) is 26.2 Å². The molecule has 1 aliphatic heterocycles. The van der Waals surface area contributed by atoms with E-state index in [1.165, 1.54) is 23.6 Å². The van der Waals surface area contributed by atoms with Crippen molar-refractivity contribution in [2.45, 2.75) is 46.2 Å². The number of rotatable bonds is 6. The number of carbonyl (C=O) groups excluding carboxylic acids is 1. The van der Waals surface area contributed by atoms with Gasteiger partial charge < -0.3 is 10.2 Å².